The van der Waals surface area contributed by atoms with Crippen LogP contribution >= 0.6 is 0 Å². The van der Waals surface area contributed by atoms with E-state index in [-0.39, 0.29) is 42.7 Å². The summed E-state index contributed by atoms with van der Waals surface area (Å²) in [5.41, 5.74) is 0.195. The van der Waals surface area contributed by atoms with E-state index in [4.69, 9.17) is 0 Å². The summed E-state index contributed by atoms with van der Waals surface area (Å²) in [6, 6.07) is 10.8. The maximum absolute atomic E-state index is 13.4. The second-order valence-corrected chi connectivity index (χ2v) is 8.27. The van der Waals surface area contributed by atoms with E-state index < -0.39 is 20.8 Å². The Balaban J connectivity index is 1.65. The third kappa shape index (κ3) is 4.66. The summed E-state index contributed by atoms with van der Waals surface area (Å²) >= 11 is 0. The molecule has 0 aromatic heterocycles. The van der Waals surface area contributed by atoms with Gasteiger partial charge in [0, 0.05) is 38.3 Å². The summed E-state index contributed by atoms with van der Waals surface area (Å²) in [5.74, 6) is -1.01. The van der Waals surface area contributed by atoms with Crippen molar-refractivity contribution in [3.63, 3.8) is 0 Å². The van der Waals surface area contributed by atoms with E-state index >= 15 is 0 Å². The number of amides is 1. The number of carbonyl (C=O) groups is 1. The van der Waals surface area contributed by atoms with Crippen LogP contribution in [-0.4, -0.2) is 54.6 Å². The molecule has 0 atom stereocenters. The minimum Gasteiger partial charge on any atom is -0.337 e. The summed E-state index contributed by atoms with van der Waals surface area (Å²) in [4.78, 5) is 24.2. The predicted octanol–water partition coefficient (Wildman–Crippen LogP) is 2.28. The Kier molecular flexibility index (Phi) is 6.04. The Hall–Kier alpha value is -3.11. The van der Waals surface area contributed by atoms with Crippen molar-refractivity contribution in [2.75, 3.05) is 26.2 Å². The van der Waals surface area contributed by atoms with E-state index in [9.17, 15) is 27.7 Å². The molecule has 0 unspecified atom stereocenters. The highest BCUT2D eigenvalue weighted by Gasteiger charge is 2.29. The average Bonchev–Trinajstić information content (AvgIpc) is 2.72. The lowest BCUT2D eigenvalue weighted by Gasteiger charge is -2.33. The molecule has 8 nitrogen and oxygen atoms in total. The monoisotopic (exact) mass is 419 g/mol. The van der Waals surface area contributed by atoms with Crippen LogP contribution in [0.1, 0.15) is 5.56 Å². The first-order valence-corrected chi connectivity index (χ1v) is 10.2. The molecule has 1 amide bonds. The molecule has 0 radical (unpaired) electrons. The lowest BCUT2D eigenvalue weighted by Crippen LogP contribution is -2.50. The van der Waals surface area contributed by atoms with Gasteiger partial charge in [-0.1, -0.05) is 18.2 Å². The van der Waals surface area contributed by atoms with E-state index in [1.165, 1.54) is 57.8 Å². The van der Waals surface area contributed by atoms with Crippen LogP contribution in [0.4, 0.5) is 10.1 Å². The van der Waals surface area contributed by atoms with Crippen LogP contribution in [0.25, 0.3) is 6.08 Å². The van der Waals surface area contributed by atoms with Gasteiger partial charge in [-0.3, -0.25) is 14.9 Å². The fourth-order valence-electron chi connectivity index (χ4n) is 2.99. The molecule has 0 saturated carbocycles. The molecule has 29 heavy (non-hydrogen) atoms. The molecule has 0 N–H and O–H groups in total. The van der Waals surface area contributed by atoms with E-state index in [1.807, 2.05) is 0 Å². The number of hydrogen-bond acceptors (Lipinski definition) is 5. The van der Waals surface area contributed by atoms with Crippen LogP contribution in [0.3, 0.4) is 0 Å². The van der Waals surface area contributed by atoms with Gasteiger partial charge in [0.15, 0.2) is 0 Å². The lowest BCUT2D eigenvalue weighted by atomic mass is 10.1. The number of sulfonamides is 1. The zero-order valence-corrected chi connectivity index (χ0v) is 16.1. The highest BCUT2D eigenvalue weighted by atomic mass is 32.2. The Labute approximate surface area is 167 Å². The molecule has 1 aliphatic rings. The van der Waals surface area contributed by atoms with Gasteiger partial charge in [-0.05, 0) is 30.3 Å². The van der Waals surface area contributed by atoms with Gasteiger partial charge in [0.2, 0.25) is 15.9 Å². The van der Waals surface area contributed by atoms with Crippen LogP contribution in [0.5, 0.6) is 0 Å². The fraction of sp³-hybridized carbons (Fsp3) is 0.211. The van der Waals surface area contributed by atoms with Gasteiger partial charge in [0.05, 0.1) is 15.4 Å². The zero-order valence-electron chi connectivity index (χ0n) is 15.3. The van der Waals surface area contributed by atoms with Crippen LogP contribution in [0.15, 0.2) is 59.5 Å². The molecule has 2 aromatic carbocycles. The molecule has 2 aromatic rings. The SMILES string of the molecule is O=C(/C=C/c1ccccc1[N+](=O)[O-])N1CCN(S(=O)(=O)c2cccc(F)c2)CC1. The number of para-hydroxylation sites is 1. The standard InChI is InChI=1S/C19H18FN3O5S/c20-16-5-3-6-17(14-16)29(27,28)22-12-10-21(11-13-22)19(24)9-8-15-4-1-2-7-18(15)23(25)26/h1-9,14H,10-13H2/b9-8+. The van der Waals surface area contributed by atoms with Gasteiger partial charge < -0.3 is 4.90 Å². The van der Waals surface area contributed by atoms with Crippen LogP contribution in [-0.2, 0) is 14.8 Å². The molecule has 10 heteroatoms. The smallest absolute Gasteiger partial charge is 0.276 e. The van der Waals surface area contributed by atoms with Crippen molar-refractivity contribution in [2.24, 2.45) is 0 Å². The predicted molar refractivity (Wildman–Crippen MR) is 104 cm³/mol. The van der Waals surface area contributed by atoms with Gasteiger partial charge in [-0.15, -0.1) is 0 Å². The molecule has 3 rings (SSSR count). The molecule has 1 saturated heterocycles. The van der Waals surface area contributed by atoms with Gasteiger partial charge in [-0.25, -0.2) is 12.8 Å². The van der Waals surface area contributed by atoms with Crippen molar-refractivity contribution in [3.8, 4) is 0 Å². The fourth-order valence-corrected chi connectivity index (χ4v) is 4.44. The number of nitro groups is 1. The molecular weight excluding hydrogens is 401 g/mol. The number of halogens is 1. The highest BCUT2D eigenvalue weighted by Crippen LogP contribution is 2.20. The number of rotatable bonds is 5. The second kappa shape index (κ2) is 8.50. The van der Waals surface area contributed by atoms with Gasteiger partial charge in [0.25, 0.3) is 5.69 Å². The van der Waals surface area contributed by atoms with Crippen molar-refractivity contribution in [2.45, 2.75) is 4.90 Å². The number of nitrogens with zero attached hydrogens (tertiary/aromatic N) is 3. The molecule has 152 valence electrons. The van der Waals surface area contributed by atoms with Crippen LogP contribution in [0, 0.1) is 15.9 Å². The van der Waals surface area contributed by atoms with E-state index in [2.05, 4.69) is 0 Å². The summed E-state index contributed by atoms with van der Waals surface area (Å²) in [7, 11) is -3.84. The molecule has 0 bridgehead atoms. The molecule has 1 heterocycles. The number of nitro benzene ring substituents is 1. The largest absolute Gasteiger partial charge is 0.337 e. The quantitative estimate of drug-likeness (QED) is 0.420. The molecule has 0 aliphatic carbocycles. The molecule has 0 spiro atoms. The summed E-state index contributed by atoms with van der Waals surface area (Å²) in [6.07, 6.45) is 2.61. The van der Waals surface area contributed by atoms with E-state index in [0.29, 0.717) is 5.56 Å². The Bertz CT molecular complexity index is 1060. The molecular formula is C19H18FN3O5S. The van der Waals surface area contributed by atoms with Crippen molar-refractivity contribution < 1.29 is 22.5 Å². The number of piperazine rings is 1. The number of benzene rings is 2. The van der Waals surface area contributed by atoms with Crippen molar-refractivity contribution in [1.82, 2.24) is 9.21 Å². The number of carbonyl (C=O) groups excluding carboxylic acids is 1. The van der Waals surface area contributed by atoms with Gasteiger partial charge in [-0.2, -0.15) is 4.31 Å². The minimum absolute atomic E-state index is 0.0733. The average molecular weight is 419 g/mol. The first-order chi connectivity index (χ1) is 13.8. The van der Waals surface area contributed by atoms with E-state index in [0.717, 1.165) is 6.07 Å². The van der Waals surface area contributed by atoms with Crippen LogP contribution in [0.2, 0.25) is 0 Å². The molecule has 1 fully saturated rings. The normalized spacial score (nSPS) is 15.6. The maximum Gasteiger partial charge on any atom is 0.276 e. The Morgan fingerprint density at radius 2 is 1.76 bits per heavy atom. The van der Waals surface area contributed by atoms with Crippen LogP contribution < -0.4 is 0 Å². The van der Waals surface area contributed by atoms with Crippen molar-refractivity contribution in [3.05, 3.63) is 76.1 Å². The van der Waals surface area contributed by atoms with E-state index in [1.54, 1.807) is 6.07 Å². The Morgan fingerprint density at radius 1 is 1.07 bits per heavy atom. The zero-order chi connectivity index (χ0) is 21.0. The van der Waals surface area contributed by atoms with Gasteiger partial charge in [0.1, 0.15) is 5.82 Å². The Morgan fingerprint density at radius 3 is 2.41 bits per heavy atom. The third-order valence-electron chi connectivity index (χ3n) is 4.52. The summed E-state index contributed by atoms with van der Waals surface area (Å²) in [6.45, 7) is 0.469. The first kappa shape index (κ1) is 20.6. The third-order valence-corrected chi connectivity index (χ3v) is 6.42. The highest BCUT2D eigenvalue weighted by molar-refractivity contribution is 7.89. The first-order valence-electron chi connectivity index (χ1n) is 8.75. The lowest BCUT2D eigenvalue weighted by molar-refractivity contribution is -0.385. The number of hydrogen-bond donors (Lipinski definition) is 0. The molecule has 1 aliphatic heterocycles. The van der Waals surface area contributed by atoms with Crippen molar-refractivity contribution >= 4 is 27.7 Å². The minimum atomic E-state index is -3.84. The van der Waals surface area contributed by atoms with Gasteiger partial charge >= 0.3 is 0 Å². The summed E-state index contributed by atoms with van der Waals surface area (Å²) in [5, 5.41) is 11.0. The topological polar surface area (TPSA) is 101 Å². The maximum atomic E-state index is 13.4. The van der Waals surface area contributed by atoms with Crippen molar-refractivity contribution in [1.29, 1.82) is 0 Å². The summed E-state index contributed by atoms with van der Waals surface area (Å²) < 4.78 is 39.8. The second-order valence-electron chi connectivity index (χ2n) is 6.34.